The number of nitrogens with one attached hydrogen (secondary N) is 1. The molecular formula is C22H27FN2O3. The number of rotatable bonds is 7. The van der Waals surface area contributed by atoms with Gasteiger partial charge in [0.2, 0.25) is 0 Å². The molecule has 0 bridgehead atoms. The van der Waals surface area contributed by atoms with Gasteiger partial charge >= 0.3 is 6.03 Å². The maximum atomic E-state index is 12.8. The van der Waals surface area contributed by atoms with Crippen molar-refractivity contribution >= 4 is 6.03 Å². The highest BCUT2D eigenvalue weighted by atomic mass is 19.1. The highest BCUT2D eigenvalue weighted by Crippen LogP contribution is 2.15. The van der Waals surface area contributed by atoms with Gasteiger partial charge in [-0.2, -0.15) is 0 Å². The van der Waals surface area contributed by atoms with Gasteiger partial charge in [-0.1, -0.05) is 29.8 Å². The second-order valence-electron chi connectivity index (χ2n) is 7.00. The molecule has 3 rings (SSSR count). The number of urea groups is 1. The van der Waals surface area contributed by atoms with Crippen LogP contribution in [-0.4, -0.2) is 43.3 Å². The number of aryl methyl sites for hydroxylation is 1. The lowest BCUT2D eigenvalue weighted by Gasteiger charge is -2.32. The van der Waals surface area contributed by atoms with E-state index in [0.29, 0.717) is 38.6 Å². The third-order valence-corrected chi connectivity index (χ3v) is 4.81. The first kappa shape index (κ1) is 20.1. The molecule has 0 aromatic heterocycles. The van der Waals surface area contributed by atoms with Crippen LogP contribution in [0.4, 0.5) is 9.18 Å². The molecule has 6 heteroatoms. The van der Waals surface area contributed by atoms with Gasteiger partial charge in [0.25, 0.3) is 0 Å². The first-order valence-corrected chi connectivity index (χ1v) is 9.68. The molecule has 0 spiro atoms. The molecule has 1 aliphatic heterocycles. The molecule has 2 aromatic rings. The third kappa shape index (κ3) is 6.23. The number of carbonyl (C=O) groups is 1. The van der Waals surface area contributed by atoms with Crippen LogP contribution in [0.5, 0.6) is 5.75 Å². The number of hydrogen-bond acceptors (Lipinski definition) is 3. The molecule has 0 atom stereocenters. The second kappa shape index (κ2) is 10.1. The van der Waals surface area contributed by atoms with Crippen molar-refractivity contribution in [2.24, 2.45) is 0 Å². The Morgan fingerprint density at radius 1 is 1.07 bits per heavy atom. The standard InChI is InChI=1S/C22H27FN2O3/c1-17-2-4-18(5-3-17)16-24-22(26)25-12-10-21(11-13-25)28-15-14-27-20-8-6-19(23)7-9-20/h2-9,21H,10-16H2,1H3,(H,24,26). The molecule has 1 heterocycles. The Morgan fingerprint density at radius 3 is 2.43 bits per heavy atom. The second-order valence-corrected chi connectivity index (χ2v) is 7.00. The van der Waals surface area contributed by atoms with Crippen LogP contribution >= 0.6 is 0 Å². The smallest absolute Gasteiger partial charge is 0.317 e. The average Bonchev–Trinajstić information content (AvgIpc) is 2.72. The van der Waals surface area contributed by atoms with E-state index in [0.717, 1.165) is 18.4 Å². The minimum atomic E-state index is -0.279. The fraction of sp³-hybridized carbons (Fsp3) is 0.409. The number of likely N-dealkylation sites (tertiary alicyclic amines) is 1. The Kier molecular flexibility index (Phi) is 7.25. The highest BCUT2D eigenvalue weighted by molar-refractivity contribution is 5.74. The zero-order valence-corrected chi connectivity index (χ0v) is 16.2. The number of carbonyl (C=O) groups excluding carboxylic acids is 1. The maximum absolute atomic E-state index is 12.8. The number of nitrogens with zero attached hydrogens (tertiary/aromatic N) is 1. The molecule has 28 heavy (non-hydrogen) atoms. The van der Waals surface area contributed by atoms with Crippen molar-refractivity contribution in [2.45, 2.75) is 32.4 Å². The van der Waals surface area contributed by atoms with Gasteiger partial charge < -0.3 is 19.7 Å². The molecular weight excluding hydrogens is 359 g/mol. The van der Waals surface area contributed by atoms with Gasteiger partial charge in [0.1, 0.15) is 18.2 Å². The summed E-state index contributed by atoms with van der Waals surface area (Å²) in [6.07, 6.45) is 1.76. The van der Waals surface area contributed by atoms with Gasteiger partial charge in [0.05, 0.1) is 12.7 Å². The van der Waals surface area contributed by atoms with Crippen molar-refractivity contribution in [1.29, 1.82) is 0 Å². The van der Waals surface area contributed by atoms with Crippen molar-refractivity contribution in [3.63, 3.8) is 0 Å². The molecule has 2 aromatic carbocycles. The van der Waals surface area contributed by atoms with E-state index in [1.807, 2.05) is 36.1 Å². The number of hydrogen-bond donors (Lipinski definition) is 1. The van der Waals surface area contributed by atoms with Crippen LogP contribution in [0.25, 0.3) is 0 Å². The number of ether oxygens (including phenoxy) is 2. The Bertz CT molecular complexity index is 741. The van der Waals surface area contributed by atoms with Crippen molar-refractivity contribution < 1.29 is 18.7 Å². The highest BCUT2D eigenvalue weighted by Gasteiger charge is 2.23. The normalized spacial score (nSPS) is 14.7. The molecule has 5 nitrogen and oxygen atoms in total. The summed E-state index contributed by atoms with van der Waals surface area (Å²) in [5.74, 6) is 0.350. The number of halogens is 1. The number of benzene rings is 2. The van der Waals surface area contributed by atoms with Crippen LogP contribution in [0.3, 0.4) is 0 Å². The predicted octanol–water partition coefficient (Wildman–Crippen LogP) is 3.90. The maximum Gasteiger partial charge on any atom is 0.317 e. The van der Waals surface area contributed by atoms with Crippen molar-refractivity contribution in [2.75, 3.05) is 26.3 Å². The van der Waals surface area contributed by atoms with Gasteiger partial charge in [-0.25, -0.2) is 9.18 Å². The quantitative estimate of drug-likeness (QED) is 0.734. The van der Waals surface area contributed by atoms with E-state index in [-0.39, 0.29) is 18.0 Å². The Balaban J connectivity index is 1.29. The number of amides is 2. The molecule has 0 unspecified atom stereocenters. The molecule has 0 saturated carbocycles. The van der Waals surface area contributed by atoms with Crippen LogP contribution in [-0.2, 0) is 11.3 Å². The largest absolute Gasteiger partial charge is 0.491 e. The summed E-state index contributed by atoms with van der Waals surface area (Å²) in [5.41, 5.74) is 2.30. The topological polar surface area (TPSA) is 50.8 Å². The van der Waals surface area contributed by atoms with Gasteiger partial charge in [-0.15, -0.1) is 0 Å². The summed E-state index contributed by atoms with van der Waals surface area (Å²) in [4.78, 5) is 14.1. The SMILES string of the molecule is Cc1ccc(CNC(=O)N2CCC(OCCOc3ccc(F)cc3)CC2)cc1. The minimum absolute atomic E-state index is 0.0290. The first-order chi connectivity index (χ1) is 13.6. The van der Waals surface area contributed by atoms with Crippen LogP contribution in [0.15, 0.2) is 48.5 Å². The lowest BCUT2D eigenvalue weighted by atomic mass is 10.1. The van der Waals surface area contributed by atoms with Crippen molar-refractivity contribution in [3.05, 3.63) is 65.5 Å². The summed E-state index contributed by atoms with van der Waals surface area (Å²) in [6.45, 7) is 4.84. The molecule has 1 N–H and O–H groups in total. The van der Waals surface area contributed by atoms with E-state index in [4.69, 9.17) is 9.47 Å². The summed E-state index contributed by atoms with van der Waals surface area (Å²) in [7, 11) is 0. The van der Waals surface area contributed by atoms with Crippen molar-refractivity contribution in [3.8, 4) is 5.75 Å². The molecule has 1 saturated heterocycles. The van der Waals surface area contributed by atoms with Gasteiger partial charge in [0, 0.05) is 19.6 Å². The van der Waals surface area contributed by atoms with Crippen LogP contribution in [0.1, 0.15) is 24.0 Å². The van der Waals surface area contributed by atoms with Crippen LogP contribution in [0.2, 0.25) is 0 Å². The van der Waals surface area contributed by atoms with E-state index in [2.05, 4.69) is 5.32 Å². The summed E-state index contributed by atoms with van der Waals surface area (Å²) in [6, 6.07) is 14.1. The van der Waals surface area contributed by atoms with E-state index in [9.17, 15) is 9.18 Å². The van der Waals surface area contributed by atoms with Crippen LogP contribution < -0.4 is 10.1 Å². The molecule has 0 radical (unpaired) electrons. The third-order valence-electron chi connectivity index (χ3n) is 4.81. The van der Waals surface area contributed by atoms with E-state index < -0.39 is 0 Å². The Morgan fingerprint density at radius 2 is 1.75 bits per heavy atom. The Labute approximate surface area is 165 Å². The molecule has 0 aliphatic carbocycles. The van der Waals surface area contributed by atoms with Crippen LogP contribution in [0, 0.1) is 12.7 Å². The summed E-state index contributed by atoms with van der Waals surface area (Å²) >= 11 is 0. The fourth-order valence-electron chi connectivity index (χ4n) is 3.13. The van der Waals surface area contributed by atoms with Crippen molar-refractivity contribution in [1.82, 2.24) is 10.2 Å². The monoisotopic (exact) mass is 386 g/mol. The molecule has 1 fully saturated rings. The Hall–Kier alpha value is -2.60. The van der Waals surface area contributed by atoms with E-state index in [1.165, 1.54) is 17.7 Å². The van der Waals surface area contributed by atoms with E-state index >= 15 is 0 Å². The predicted molar refractivity (Wildman–Crippen MR) is 106 cm³/mol. The summed E-state index contributed by atoms with van der Waals surface area (Å²) < 4.78 is 24.2. The summed E-state index contributed by atoms with van der Waals surface area (Å²) in [5, 5.41) is 2.98. The lowest BCUT2D eigenvalue weighted by Crippen LogP contribution is -2.45. The fourth-order valence-corrected chi connectivity index (χ4v) is 3.13. The first-order valence-electron chi connectivity index (χ1n) is 9.68. The molecule has 1 aliphatic rings. The van der Waals surface area contributed by atoms with Gasteiger partial charge in [-0.05, 0) is 49.6 Å². The van der Waals surface area contributed by atoms with Gasteiger partial charge in [0.15, 0.2) is 0 Å². The van der Waals surface area contributed by atoms with E-state index in [1.54, 1.807) is 12.1 Å². The lowest BCUT2D eigenvalue weighted by molar-refractivity contribution is 0.00186. The zero-order valence-electron chi connectivity index (χ0n) is 16.2. The average molecular weight is 386 g/mol. The zero-order chi connectivity index (χ0) is 19.8. The molecule has 2 amide bonds. The minimum Gasteiger partial charge on any atom is -0.491 e. The number of piperidine rings is 1. The van der Waals surface area contributed by atoms with Gasteiger partial charge in [-0.3, -0.25) is 0 Å². The molecule has 150 valence electrons.